The average Bonchev–Trinajstić information content (AvgIpc) is 3.40. The van der Waals surface area contributed by atoms with Crippen LogP contribution in [0.4, 0.5) is 0 Å². The Morgan fingerprint density at radius 2 is 1.96 bits per heavy atom. The fourth-order valence-corrected chi connectivity index (χ4v) is 3.66. The zero-order chi connectivity index (χ0) is 18.6. The van der Waals surface area contributed by atoms with E-state index in [1.165, 1.54) is 0 Å². The summed E-state index contributed by atoms with van der Waals surface area (Å²) >= 11 is 0. The van der Waals surface area contributed by atoms with E-state index in [1.807, 2.05) is 41.2 Å². The van der Waals surface area contributed by atoms with Gasteiger partial charge in [-0.3, -0.25) is 14.0 Å². The largest absolute Gasteiger partial charge is 0.391 e. The van der Waals surface area contributed by atoms with Crippen LogP contribution in [-0.2, 0) is 17.8 Å². The van der Waals surface area contributed by atoms with Crippen molar-refractivity contribution in [1.82, 2.24) is 29.9 Å². The number of hydrogen-bond acceptors (Lipinski definition) is 5. The molecular weight excluding hydrogens is 344 g/mol. The van der Waals surface area contributed by atoms with Gasteiger partial charge in [-0.1, -0.05) is 12.1 Å². The first-order valence-corrected chi connectivity index (χ1v) is 9.06. The number of carbonyl (C=O) groups is 1. The molecule has 1 saturated carbocycles. The normalized spacial score (nSPS) is 22.0. The molecule has 27 heavy (non-hydrogen) atoms. The van der Waals surface area contributed by atoms with Crippen LogP contribution in [0.3, 0.4) is 0 Å². The summed E-state index contributed by atoms with van der Waals surface area (Å²) in [6.45, 7) is 0.765. The summed E-state index contributed by atoms with van der Waals surface area (Å²) < 4.78 is 3.68. The molecule has 1 amide bonds. The summed E-state index contributed by atoms with van der Waals surface area (Å²) in [7, 11) is 0. The van der Waals surface area contributed by atoms with Gasteiger partial charge in [0.25, 0.3) is 0 Å². The van der Waals surface area contributed by atoms with Crippen LogP contribution in [0.15, 0.2) is 55.4 Å². The third-order valence-corrected chi connectivity index (χ3v) is 5.00. The first kappa shape index (κ1) is 17.4. The third-order valence-electron chi connectivity index (χ3n) is 5.00. The van der Waals surface area contributed by atoms with Crippen molar-refractivity contribution in [2.24, 2.45) is 5.92 Å². The second-order valence-electron chi connectivity index (χ2n) is 7.02. The summed E-state index contributed by atoms with van der Waals surface area (Å²) in [5, 5.41) is 25.0. The number of hydrogen-bond donors (Lipinski definition) is 2. The Morgan fingerprint density at radius 1 is 1.19 bits per heavy atom. The van der Waals surface area contributed by atoms with Gasteiger partial charge in [-0.2, -0.15) is 5.10 Å². The van der Waals surface area contributed by atoms with E-state index in [4.69, 9.17) is 0 Å². The molecule has 0 radical (unpaired) electrons. The number of amides is 1. The van der Waals surface area contributed by atoms with Gasteiger partial charge < -0.3 is 10.4 Å². The van der Waals surface area contributed by atoms with E-state index in [2.05, 4.69) is 20.6 Å². The van der Waals surface area contributed by atoms with Gasteiger partial charge in [0.1, 0.15) is 12.7 Å². The van der Waals surface area contributed by atoms with Crippen molar-refractivity contribution in [2.45, 2.75) is 38.0 Å². The van der Waals surface area contributed by atoms with Crippen molar-refractivity contribution in [3.05, 3.63) is 60.9 Å². The van der Waals surface area contributed by atoms with Crippen LogP contribution in [0.1, 0.15) is 18.4 Å². The van der Waals surface area contributed by atoms with Crippen molar-refractivity contribution in [3.63, 3.8) is 0 Å². The molecule has 8 nitrogen and oxygen atoms in total. The van der Waals surface area contributed by atoms with Gasteiger partial charge in [0.05, 0.1) is 18.6 Å². The van der Waals surface area contributed by atoms with E-state index in [-0.39, 0.29) is 18.4 Å². The van der Waals surface area contributed by atoms with Crippen molar-refractivity contribution >= 4 is 5.91 Å². The molecule has 2 heterocycles. The summed E-state index contributed by atoms with van der Waals surface area (Å²) in [4.78, 5) is 12.4. The van der Waals surface area contributed by atoms with Gasteiger partial charge in [0, 0.05) is 24.6 Å². The Kier molecular flexibility index (Phi) is 4.97. The zero-order valence-corrected chi connectivity index (χ0v) is 14.8. The molecule has 1 aliphatic carbocycles. The molecule has 1 fully saturated rings. The molecule has 2 aromatic heterocycles. The van der Waals surface area contributed by atoms with Gasteiger partial charge in [0.2, 0.25) is 5.91 Å². The SMILES string of the molecule is O=C(Cc1ccc(-n2cnnc2)cc1)N[C@@H]1CC(Cn2cccn2)C[C@H]1O. The average molecular weight is 366 g/mol. The number of rotatable bonds is 6. The fraction of sp³-hybridized carbons (Fsp3) is 0.368. The quantitative estimate of drug-likeness (QED) is 0.677. The van der Waals surface area contributed by atoms with Crippen LogP contribution in [-0.4, -0.2) is 47.7 Å². The lowest BCUT2D eigenvalue weighted by atomic mass is 10.1. The second kappa shape index (κ2) is 7.71. The summed E-state index contributed by atoms with van der Waals surface area (Å²) in [6, 6.07) is 9.38. The molecule has 3 atom stereocenters. The molecule has 0 saturated heterocycles. The Morgan fingerprint density at radius 3 is 2.67 bits per heavy atom. The number of benzene rings is 1. The molecule has 0 bridgehead atoms. The van der Waals surface area contributed by atoms with Crippen molar-refractivity contribution in [1.29, 1.82) is 0 Å². The Hall–Kier alpha value is -3.00. The van der Waals surface area contributed by atoms with Crippen LogP contribution >= 0.6 is 0 Å². The maximum atomic E-state index is 12.4. The molecule has 0 aliphatic heterocycles. The number of aromatic nitrogens is 5. The minimum atomic E-state index is -0.509. The van der Waals surface area contributed by atoms with E-state index >= 15 is 0 Å². The predicted octanol–water partition coefficient (Wildman–Crippen LogP) is 0.962. The van der Waals surface area contributed by atoms with Crippen molar-refractivity contribution in [3.8, 4) is 5.69 Å². The molecule has 140 valence electrons. The third kappa shape index (κ3) is 4.22. The highest BCUT2D eigenvalue weighted by Gasteiger charge is 2.34. The van der Waals surface area contributed by atoms with Gasteiger partial charge in [-0.05, 0) is 42.5 Å². The first-order chi connectivity index (χ1) is 13.2. The smallest absolute Gasteiger partial charge is 0.224 e. The molecule has 8 heteroatoms. The summed E-state index contributed by atoms with van der Waals surface area (Å²) in [6.07, 6.45) is 8.14. The van der Waals surface area contributed by atoms with Crippen molar-refractivity contribution in [2.75, 3.05) is 0 Å². The number of aliphatic hydroxyl groups is 1. The van der Waals surface area contributed by atoms with Crippen LogP contribution in [0.25, 0.3) is 5.69 Å². The second-order valence-corrected chi connectivity index (χ2v) is 7.02. The molecule has 1 unspecified atom stereocenters. The molecular formula is C19H22N6O2. The van der Waals surface area contributed by atoms with Crippen LogP contribution < -0.4 is 5.32 Å². The van der Waals surface area contributed by atoms with Crippen LogP contribution in [0.5, 0.6) is 0 Å². The zero-order valence-electron chi connectivity index (χ0n) is 14.8. The Bertz CT molecular complexity index is 860. The van der Waals surface area contributed by atoms with Crippen molar-refractivity contribution < 1.29 is 9.90 Å². The molecule has 3 aromatic rings. The Labute approximate surface area is 156 Å². The fourth-order valence-electron chi connectivity index (χ4n) is 3.66. The number of aliphatic hydroxyl groups excluding tert-OH is 1. The molecule has 2 N–H and O–H groups in total. The van der Waals surface area contributed by atoms with Crippen LogP contribution in [0.2, 0.25) is 0 Å². The maximum absolute atomic E-state index is 12.4. The summed E-state index contributed by atoms with van der Waals surface area (Å²) in [5.41, 5.74) is 1.86. The minimum Gasteiger partial charge on any atom is -0.391 e. The van der Waals surface area contributed by atoms with E-state index in [9.17, 15) is 9.90 Å². The predicted molar refractivity (Wildman–Crippen MR) is 98.0 cm³/mol. The Balaban J connectivity index is 1.30. The van der Waals surface area contributed by atoms with E-state index in [0.29, 0.717) is 12.3 Å². The first-order valence-electron chi connectivity index (χ1n) is 9.06. The molecule has 1 aromatic carbocycles. The monoisotopic (exact) mass is 366 g/mol. The highest BCUT2D eigenvalue weighted by Crippen LogP contribution is 2.27. The highest BCUT2D eigenvalue weighted by atomic mass is 16.3. The summed E-state index contributed by atoms with van der Waals surface area (Å²) in [5.74, 6) is 0.240. The minimum absolute atomic E-state index is 0.0733. The molecule has 1 aliphatic rings. The van der Waals surface area contributed by atoms with E-state index in [0.717, 1.165) is 24.2 Å². The number of carbonyl (C=O) groups excluding carboxylic acids is 1. The van der Waals surface area contributed by atoms with Gasteiger partial charge in [-0.25, -0.2) is 0 Å². The standard InChI is InChI=1S/C19H22N6O2/c26-18-9-15(11-25-7-1-6-22-25)8-17(18)23-19(27)10-14-2-4-16(5-3-14)24-12-20-21-13-24/h1-7,12-13,15,17-18,26H,8-11H2,(H,23,27)/t15?,17-,18-/m1/s1. The van der Waals surface area contributed by atoms with Gasteiger partial charge in [-0.15, -0.1) is 10.2 Å². The lowest BCUT2D eigenvalue weighted by molar-refractivity contribution is -0.121. The lowest BCUT2D eigenvalue weighted by Crippen LogP contribution is -2.40. The molecule has 0 spiro atoms. The van der Waals surface area contributed by atoms with E-state index < -0.39 is 6.10 Å². The van der Waals surface area contributed by atoms with E-state index in [1.54, 1.807) is 23.4 Å². The van der Waals surface area contributed by atoms with Gasteiger partial charge in [0.15, 0.2) is 0 Å². The lowest BCUT2D eigenvalue weighted by Gasteiger charge is -2.16. The number of nitrogens with one attached hydrogen (secondary N) is 1. The topological polar surface area (TPSA) is 97.9 Å². The molecule has 4 rings (SSSR count). The van der Waals surface area contributed by atoms with Crippen LogP contribution in [0, 0.1) is 5.92 Å². The maximum Gasteiger partial charge on any atom is 0.224 e. The highest BCUT2D eigenvalue weighted by molar-refractivity contribution is 5.79. The number of nitrogens with zero attached hydrogens (tertiary/aromatic N) is 5. The van der Waals surface area contributed by atoms with Gasteiger partial charge >= 0.3 is 0 Å².